The fraction of sp³-hybridized carbons (Fsp3) is 0.423. The predicted molar refractivity (Wildman–Crippen MR) is 134 cm³/mol. The standard InChI is InChI=1S/C26H30F3N5O5/c1-18(2)17-38-24(36)14-19-8-11-33(23(35)13-19)9-3-4-10-34-16-22(31-32-34)25(37)30-15-20-6-5-7-21(12-20)39-26(27,28)29/h5-8,11-13,16,18H,3-4,9-10,14-15,17H2,1-2H3,(H,30,37). The first-order valence-corrected chi connectivity index (χ1v) is 12.4. The number of rotatable bonds is 13. The number of nitrogens with one attached hydrogen (secondary N) is 1. The molecule has 0 saturated carbocycles. The summed E-state index contributed by atoms with van der Waals surface area (Å²) in [5.74, 6) is -1.03. The number of halogens is 3. The van der Waals surface area contributed by atoms with Crippen LogP contribution in [0, 0.1) is 5.92 Å². The average molecular weight is 550 g/mol. The number of aromatic nitrogens is 4. The number of benzene rings is 1. The molecule has 0 saturated heterocycles. The first-order chi connectivity index (χ1) is 18.5. The summed E-state index contributed by atoms with van der Waals surface area (Å²) in [6.07, 6.45) is -0.317. The van der Waals surface area contributed by atoms with Crippen molar-refractivity contribution in [1.29, 1.82) is 0 Å². The van der Waals surface area contributed by atoms with Crippen LogP contribution in [0.25, 0.3) is 0 Å². The second kappa shape index (κ2) is 13.6. The predicted octanol–water partition coefficient (Wildman–Crippen LogP) is 3.49. The van der Waals surface area contributed by atoms with Gasteiger partial charge in [-0.15, -0.1) is 18.3 Å². The Labute approximate surface area is 222 Å². The molecule has 1 N–H and O–H groups in total. The molecule has 0 aliphatic carbocycles. The van der Waals surface area contributed by atoms with Crippen molar-refractivity contribution in [1.82, 2.24) is 24.9 Å². The molecule has 0 aliphatic rings. The summed E-state index contributed by atoms with van der Waals surface area (Å²) in [5, 5.41) is 10.3. The first kappa shape index (κ1) is 29.4. The van der Waals surface area contributed by atoms with E-state index < -0.39 is 12.3 Å². The second-order valence-electron chi connectivity index (χ2n) is 9.27. The lowest BCUT2D eigenvalue weighted by atomic mass is 10.2. The highest BCUT2D eigenvalue weighted by Crippen LogP contribution is 2.23. The minimum atomic E-state index is -4.80. The number of aryl methyl sites for hydroxylation is 2. The van der Waals surface area contributed by atoms with Crippen LogP contribution in [0.15, 0.2) is 53.6 Å². The van der Waals surface area contributed by atoms with E-state index in [2.05, 4.69) is 20.4 Å². The summed E-state index contributed by atoms with van der Waals surface area (Å²) in [6.45, 7) is 5.14. The minimum absolute atomic E-state index is 0.0204. The fourth-order valence-electron chi connectivity index (χ4n) is 3.51. The average Bonchev–Trinajstić information content (AvgIpc) is 3.33. The molecule has 3 rings (SSSR count). The lowest BCUT2D eigenvalue weighted by molar-refractivity contribution is -0.274. The molecule has 0 bridgehead atoms. The van der Waals surface area contributed by atoms with Gasteiger partial charge in [0.25, 0.3) is 11.5 Å². The molecule has 39 heavy (non-hydrogen) atoms. The van der Waals surface area contributed by atoms with Gasteiger partial charge in [0.2, 0.25) is 0 Å². The highest BCUT2D eigenvalue weighted by Gasteiger charge is 2.31. The molecule has 0 unspecified atom stereocenters. The number of hydrogen-bond acceptors (Lipinski definition) is 7. The molecule has 3 aromatic rings. The maximum Gasteiger partial charge on any atom is 0.573 e. The Bertz CT molecular complexity index is 1320. The van der Waals surface area contributed by atoms with E-state index in [-0.39, 0.29) is 41.9 Å². The van der Waals surface area contributed by atoms with Gasteiger partial charge in [-0.25, -0.2) is 0 Å². The number of alkyl halides is 3. The molecular formula is C26H30F3N5O5. The highest BCUT2D eigenvalue weighted by molar-refractivity contribution is 5.91. The maximum atomic E-state index is 12.4. The van der Waals surface area contributed by atoms with E-state index in [4.69, 9.17) is 4.74 Å². The van der Waals surface area contributed by atoms with Crippen molar-refractivity contribution in [3.8, 4) is 5.75 Å². The summed E-state index contributed by atoms with van der Waals surface area (Å²) in [6, 6.07) is 8.46. The molecule has 0 aliphatic heterocycles. The van der Waals surface area contributed by atoms with Crippen molar-refractivity contribution in [3.63, 3.8) is 0 Å². The van der Waals surface area contributed by atoms with Gasteiger partial charge in [0.15, 0.2) is 5.69 Å². The van der Waals surface area contributed by atoms with Crippen LogP contribution in [-0.4, -0.2) is 44.4 Å². The molecule has 0 fully saturated rings. The summed E-state index contributed by atoms with van der Waals surface area (Å²) >= 11 is 0. The maximum absolute atomic E-state index is 12.4. The van der Waals surface area contributed by atoms with Crippen molar-refractivity contribution < 1.29 is 32.2 Å². The molecule has 1 amide bonds. The summed E-state index contributed by atoms with van der Waals surface area (Å²) in [7, 11) is 0. The minimum Gasteiger partial charge on any atom is -0.465 e. The lowest BCUT2D eigenvalue weighted by Gasteiger charge is -2.10. The molecule has 10 nitrogen and oxygen atoms in total. The van der Waals surface area contributed by atoms with Gasteiger partial charge in [0.05, 0.1) is 19.2 Å². The van der Waals surface area contributed by atoms with E-state index in [1.54, 1.807) is 22.9 Å². The van der Waals surface area contributed by atoms with Crippen LogP contribution in [-0.2, 0) is 35.6 Å². The Morgan fingerprint density at radius 1 is 1.08 bits per heavy atom. The number of amides is 1. The van der Waals surface area contributed by atoms with E-state index in [1.807, 2.05) is 13.8 Å². The molecular weight excluding hydrogens is 519 g/mol. The Kier molecular flexibility index (Phi) is 10.2. The van der Waals surface area contributed by atoms with Crippen molar-refractivity contribution in [2.45, 2.75) is 59.1 Å². The van der Waals surface area contributed by atoms with Gasteiger partial charge >= 0.3 is 12.3 Å². The number of carbonyl (C=O) groups excluding carboxylic acids is 2. The quantitative estimate of drug-likeness (QED) is 0.256. The third kappa shape index (κ3) is 10.3. The van der Waals surface area contributed by atoms with E-state index in [0.29, 0.717) is 43.7 Å². The normalized spacial score (nSPS) is 11.4. The van der Waals surface area contributed by atoms with Crippen LogP contribution in [0.2, 0.25) is 0 Å². The Morgan fingerprint density at radius 2 is 1.85 bits per heavy atom. The van der Waals surface area contributed by atoms with Gasteiger partial charge in [0.1, 0.15) is 5.75 Å². The van der Waals surface area contributed by atoms with Crippen molar-refractivity contribution in [3.05, 3.63) is 76.0 Å². The third-order valence-electron chi connectivity index (χ3n) is 5.38. The summed E-state index contributed by atoms with van der Waals surface area (Å²) < 4.78 is 49.2. The zero-order chi connectivity index (χ0) is 28.4. The number of hydrogen-bond donors (Lipinski definition) is 1. The fourth-order valence-corrected chi connectivity index (χ4v) is 3.51. The van der Waals surface area contributed by atoms with Crippen molar-refractivity contribution in [2.75, 3.05) is 6.61 Å². The Balaban J connectivity index is 1.41. The van der Waals surface area contributed by atoms with E-state index >= 15 is 0 Å². The SMILES string of the molecule is CC(C)COC(=O)Cc1ccn(CCCCn2cc(C(=O)NCc3cccc(OC(F)(F)F)c3)nn2)c(=O)c1. The van der Waals surface area contributed by atoms with Gasteiger partial charge < -0.3 is 19.4 Å². The third-order valence-corrected chi connectivity index (χ3v) is 5.38. The van der Waals surface area contributed by atoms with Gasteiger partial charge in [-0.2, -0.15) is 0 Å². The Morgan fingerprint density at radius 3 is 2.56 bits per heavy atom. The summed E-state index contributed by atoms with van der Waals surface area (Å²) in [5.41, 5.74) is 0.878. The molecule has 1 aromatic carbocycles. The van der Waals surface area contributed by atoms with Crippen LogP contribution in [0.5, 0.6) is 5.75 Å². The molecule has 2 heterocycles. The van der Waals surface area contributed by atoms with Gasteiger partial charge in [0, 0.05) is 31.9 Å². The zero-order valence-corrected chi connectivity index (χ0v) is 21.6. The summed E-state index contributed by atoms with van der Waals surface area (Å²) in [4.78, 5) is 36.6. The van der Waals surface area contributed by atoms with E-state index in [0.717, 1.165) is 0 Å². The monoisotopic (exact) mass is 549 g/mol. The number of pyridine rings is 1. The molecule has 0 radical (unpaired) electrons. The van der Waals surface area contributed by atoms with Crippen LogP contribution < -0.4 is 15.6 Å². The molecule has 0 spiro atoms. The van der Waals surface area contributed by atoms with Crippen LogP contribution in [0.4, 0.5) is 13.2 Å². The smallest absolute Gasteiger partial charge is 0.465 e. The molecule has 0 atom stereocenters. The van der Waals surface area contributed by atoms with Crippen LogP contribution in [0.3, 0.4) is 0 Å². The Hall–Kier alpha value is -4.16. The van der Waals surface area contributed by atoms with E-state index in [1.165, 1.54) is 35.1 Å². The van der Waals surface area contributed by atoms with Crippen LogP contribution in [0.1, 0.15) is 48.3 Å². The second-order valence-corrected chi connectivity index (χ2v) is 9.27. The van der Waals surface area contributed by atoms with Crippen LogP contribution >= 0.6 is 0 Å². The number of ether oxygens (including phenoxy) is 2. The lowest BCUT2D eigenvalue weighted by Crippen LogP contribution is -2.23. The zero-order valence-electron chi connectivity index (χ0n) is 21.6. The van der Waals surface area contributed by atoms with Gasteiger partial charge in [-0.3, -0.25) is 19.1 Å². The van der Waals surface area contributed by atoms with E-state index in [9.17, 15) is 27.6 Å². The number of nitrogens with zero attached hydrogens (tertiary/aromatic N) is 4. The van der Waals surface area contributed by atoms with Crippen molar-refractivity contribution in [2.24, 2.45) is 5.92 Å². The number of unbranched alkanes of at least 4 members (excludes halogenated alkanes) is 1. The molecule has 2 aromatic heterocycles. The molecule has 13 heteroatoms. The van der Waals surface area contributed by atoms with Gasteiger partial charge in [-0.05, 0) is 48.1 Å². The highest BCUT2D eigenvalue weighted by atomic mass is 19.4. The van der Waals surface area contributed by atoms with Gasteiger partial charge in [-0.1, -0.05) is 31.2 Å². The number of esters is 1. The topological polar surface area (TPSA) is 117 Å². The van der Waals surface area contributed by atoms with Crippen molar-refractivity contribution >= 4 is 11.9 Å². The number of carbonyl (C=O) groups is 2. The first-order valence-electron chi connectivity index (χ1n) is 12.4. The molecule has 210 valence electrons. The largest absolute Gasteiger partial charge is 0.573 e.